The van der Waals surface area contributed by atoms with Gasteiger partial charge in [-0.2, -0.15) is 0 Å². The molecule has 0 aliphatic heterocycles. The van der Waals surface area contributed by atoms with Crippen molar-refractivity contribution >= 4 is 34.1 Å². The first-order valence-corrected chi connectivity index (χ1v) is 9.97. The smallest absolute Gasteiger partial charge is 0.239 e. The molecular formula is C16H20N6O2S2. The second-order valence-corrected chi connectivity index (χ2v) is 8.22. The Bertz CT molecular complexity index is 871. The van der Waals surface area contributed by atoms with Crippen LogP contribution in [0, 0.1) is 0 Å². The highest BCUT2D eigenvalue weighted by atomic mass is 32.2. The zero-order chi connectivity index (χ0) is 18.7. The first kappa shape index (κ1) is 18.6. The van der Waals surface area contributed by atoms with Crippen molar-refractivity contribution in [3.63, 3.8) is 0 Å². The van der Waals surface area contributed by atoms with Gasteiger partial charge in [0, 0.05) is 6.04 Å². The molecule has 1 atom stereocenters. The Hall–Kier alpha value is -2.20. The largest absolute Gasteiger partial charge is 0.461 e. The van der Waals surface area contributed by atoms with Crippen LogP contribution in [0.2, 0.25) is 0 Å². The maximum absolute atomic E-state index is 12.5. The monoisotopic (exact) mass is 392 g/mol. The van der Waals surface area contributed by atoms with Gasteiger partial charge in [-0.05, 0) is 39.3 Å². The van der Waals surface area contributed by atoms with Crippen LogP contribution in [0.15, 0.2) is 28.0 Å². The van der Waals surface area contributed by atoms with E-state index in [0.717, 1.165) is 11.4 Å². The van der Waals surface area contributed by atoms with E-state index in [0.29, 0.717) is 21.9 Å². The Kier molecular flexibility index (Phi) is 5.72. The van der Waals surface area contributed by atoms with E-state index in [2.05, 4.69) is 25.7 Å². The van der Waals surface area contributed by atoms with Gasteiger partial charge in [-0.25, -0.2) is 0 Å². The van der Waals surface area contributed by atoms with E-state index in [-0.39, 0.29) is 17.2 Å². The first-order valence-electron chi connectivity index (χ1n) is 8.28. The molecule has 3 heterocycles. The van der Waals surface area contributed by atoms with Gasteiger partial charge in [-0.1, -0.05) is 30.0 Å². The highest BCUT2D eigenvalue weighted by molar-refractivity contribution is 8.00. The van der Waals surface area contributed by atoms with Crippen LogP contribution in [0.3, 0.4) is 0 Å². The van der Waals surface area contributed by atoms with Crippen molar-refractivity contribution < 1.29 is 9.21 Å². The maximum Gasteiger partial charge on any atom is 0.239 e. The topological polar surface area (TPSA) is 98.7 Å². The third-order valence-corrected chi connectivity index (χ3v) is 5.61. The number of nitrogens with one attached hydrogen (secondary N) is 1. The summed E-state index contributed by atoms with van der Waals surface area (Å²) in [5.74, 6) is 1.15. The Morgan fingerprint density at radius 1 is 1.31 bits per heavy atom. The summed E-state index contributed by atoms with van der Waals surface area (Å²) < 4.78 is 7.41. The fraction of sp³-hybridized carbons (Fsp3) is 0.438. The number of amides is 1. The molecule has 26 heavy (non-hydrogen) atoms. The number of anilines is 1. The minimum Gasteiger partial charge on any atom is -0.461 e. The summed E-state index contributed by atoms with van der Waals surface area (Å²) in [7, 11) is 0. The fourth-order valence-corrected chi connectivity index (χ4v) is 3.93. The average Bonchev–Trinajstić information content (AvgIpc) is 3.34. The van der Waals surface area contributed by atoms with Crippen LogP contribution in [0.5, 0.6) is 0 Å². The van der Waals surface area contributed by atoms with Crippen molar-refractivity contribution in [1.29, 1.82) is 0 Å². The van der Waals surface area contributed by atoms with Gasteiger partial charge in [-0.15, -0.1) is 20.4 Å². The number of hydrogen-bond donors (Lipinski definition) is 1. The number of rotatable bonds is 7. The van der Waals surface area contributed by atoms with E-state index >= 15 is 0 Å². The Balaban J connectivity index is 1.74. The average molecular weight is 393 g/mol. The summed E-state index contributed by atoms with van der Waals surface area (Å²) in [6.07, 6.45) is 2.40. The molecular weight excluding hydrogens is 372 g/mol. The normalized spacial score (nSPS) is 12.5. The van der Waals surface area contributed by atoms with E-state index in [1.54, 1.807) is 6.26 Å². The quantitative estimate of drug-likeness (QED) is 0.613. The van der Waals surface area contributed by atoms with Crippen LogP contribution in [0.1, 0.15) is 38.7 Å². The summed E-state index contributed by atoms with van der Waals surface area (Å²) in [6, 6.07) is 3.77. The summed E-state index contributed by atoms with van der Waals surface area (Å²) in [4.78, 5) is 12.5. The number of nitrogens with zero attached hydrogens (tertiary/aromatic N) is 5. The standard InChI is InChI=1S/C16H20N6O2S2/c1-5-12-18-20-15(26-12)17-14(23)10(4)25-16-21-19-13(22(16)9(2)3)11-7-6-8-24-11/h6-10H,5H2,1-4H3,(H,17,20,23). The second-order valence-electron chi connectivity index (χ2n) is 5.85. The highest BCUT2D eigenvalue weighted by Gasteiger charge is 2.23. The van der Waals surface area contributed by atoms with Crippen molar-refractivity contribution in [2.24, 2.45) is 0 Å². The zero-order valence-electron chi connectivity index (χ0n) is 15.0. The molecule has 10 heteroatoms. The van der Waals surface area contributed by atoms with Crippen LogP contribution >= 0.6 is 23.1 Å². The molecule has 8 nitrogen and oxygen atoms in total. The van der Waals surface area contributed by atoms with Gasteiger partial charge in [0.2, 0.25) is 16.9 Å². The van der Waals surface area contributed by atoms with E-state index in [1.807, 2.05) is 44.4 Å². The fourth-order valence-electron chi connectivity index (χ4n) is 2.26. The molecule has 0 aliphatic carbocycles. The number of furan rings is 1. The number of carbonyl (C=O) groups excluding carboxylic acids is 1. The minimum atomic E-state index is -0.366. The molecule has 0 radical (unpaired) electrons. The number of carbonyl (C=O) groups is 1. The predicted octanol–water partition coefficient (Wildman–Crippen LogP) is 3.65. The van der Waals surface area contributed by atoms with Gasteiger partial charge in [0.15, 0.2) is 10.9 Å². The van der Waals surface area contributed by atoms with Gasteiger partial charge in [0.1, 0.15) is 5.01 Å². The molecule has 1 amide bonds. The first-order chi connectivity index (χ1) is 12.5. The van der Waals surface area contributed by atoms with Crippen LogP contribution in [-0.2, 0) is 11.2 Å². The van der Waals surface area contributed by atoms with Gasteiger partial charge in [-0.3, -0.25) is 14.7 Å². The molecule has 0 fully saturated rings. The molecule has 3 aromatic rings. The lowest BCUT2D eigenvalue weighted by atomic mass is 10.3. The van der Waals surface area contributed by atoms with Crippen molar-refractivity contribution in [1.82, 2.24) is 25.0 Å². The minimum absolute atomic E-state index is 0.123. The van der Waals surface area contributed by atoms with E-state index in [4.69, 9.17) is 4.42 Å². The molecule has 1 unspecified atom stereocenters. The molecule has 1 N–H and O–H groups in total. The molecule has 138 valence electrons. The van der Waals surface area contributed by atoms with E-state index in [9.17, 15) is 4.79 Å². The molecule has 0 saturated heterocycles. The lowest BCUT2D eigenvalue weighted by molar-refractivity contribution is -0.115. The van der Waals surface area contributed by atoms with Crippen molar-refractivity contribution in [2.45, 2.75) is 50.6 Å². The van der Waals surface area contributed by atoms with Crippen molar-refractivity contribution in [2.75, 3.05) is 5.32 Å². The van der Waals surface area contributed by atoms with Crippen LogP contribution < -0.4 is 5.32 Å². The van der Waals surface area contributed by atoms with E-state index in [1.165, 1.54) is 23.1 Å². The predicted molar refractivity (Wildman–Crippen MR) is 101 cm³/mol. The molecule has 0 aromatic carbocycles. The van der Waals surface area contributed by atoms with Gasteiger partial charge < -0.3 is 4.42 Å². The summed E-state index contributed by atoms with van der Waals surface area (Å²) in [6.45, 7) is 7.91. The summed E-state index contributed by atoms with van der Waals surface area (Å²) >= 11 is 2.73. The van der Waals surface area contributed by atoms with Crippen LogP contribution in [-0.4, -0.2) is 36.1 Å². The maximum atomic E-state index is 12.5. The molecule has 0 saturated carbocycles. The number of thioether (sulfide) groups is 1. The molecule has 0 aliphatic rings. The SMILES string of the molecule is CCc1nnc(NC(=O)C(C)Sc2nnc(-c3ccco3)n2C(C)C)s1. The molecule has 3 rings (SSSR count). The summed E-state index contributed by atoms with van der Waals surface area (Å²) in [5, 5.41) is 21.0. The van der Waals surface area contributed by atoms with Crippen LogP contribution in [0.25, 0.3) is 11.6 Å². The Morgan fingerprint density at radius 2 is 2.12 bits per heavy atom. The van der Waals surface area contributed by atoms with E-state index < -0.39 is 0 Å². The third kappa shape index (κ3) is 3.96. The number of hydrogen-bond acceptors (Lipinski definition) is 8. The number of aryl methyl sites for hydroxylation is 1. The van der Waals surface area contributed by atoms with Crippen molar-refractivity contribution in [3.8, 4) is 11.6 Å². The highest BCUT2D eigenvalue weighted by Crippen LogP contribution is 2.30. The zero-order valence-corrected chi connectivity index (χ0v) is 16.6. The molecule has 0 bridgehead atoms. The number of aromatic nitrogens is 5. The molecule has 3 aromatic heterocycles. The third-order valence-electron chi connectivity index (χ3n) is 3.57. The molecule has 0 spiro atoms. The van der Waals surface area contributed by atoms with Gasteiger partial charge in [0.05, 0.1) is 11.5 Å². The lowest BCUT2D eigenvalue weighted by Gasteiger charge is -2.15. The van der Waals surface area contributed by atoms with Gasteiger partial charge in [0.25, 0.3) is 0 Å². The summed E-state index contributed by atoms with van der Waals surface area (Å²) in [5.41, 5.74) is 0. The Labute approximate surface area is 159 Å². The Morgan fingerprint density at radius 3 is 2.73 bits per heavy atom. The lowest BCUT2D eigenvalue weighted by Crippen LogP contribution is -2.23. The van der Waals surface area contributed by atoms with Gasteiger partial charge >= 0.3 is 0 Å². The second kappa shape index (κ2) is 8.00. The van der Waals surface area contributed by atoms with Crippen LogP contribution in [0.4, 0.5) is 5.13 Å². The van der Waals surface area contributed by atoms with Crippen molar-refractivity contribution in [3.05, 3.63) is 23.4 Å².